The van der Waals surface area contributed by atoms with E-state index >= 15 is 0 Å². The number of H-pyrrole nitrogens is 1. The summed E-state index contributed by atoms with van der Waals surface area (Å²) in [5.41, 5.74) is 2.38. The van der Waals surface area contributed by atoms with Gasteiger partial charge < -0.3 is 19.5 Å². The highest BCUT2D eigenvalue weighted by atomic mass is 16.5. The van der Waals surface area contributed by atoms with Crippen LogP contribution >= 0.6 is 0 Å². The van der Waals surface area contributed by atoms with Crippen molar-refractivity contribution in [1.29, 1.82) is 0 Å². The molecule has 2 aromatic rings. The van der Waals surface area contributed by atoms with Crippen molar-refractivity contribution in [3.63, 3.8) is 0 Å². The lowest BCUT2D eigenvalue weighted by Crippen LogP contribution is -2.50. The molecule has 1 aromatic carbocycles. The first-order chi connectivity index (χ1) is 13.0. The van der Waals surface area contributed by atoms with Gasteiger partial charge in [-0.25, -0.2) is 0 Å². The molecule has 0 radical (unpaired) electrons. The van der Waals surface area contributed by atoms with Crippen molar-refractivity contribution in [2.45, 2.75) is 19.8 Å². The monoisotopic (exact) mass is 369 g/mol. The topological polar surface area (TPSA) is 65.6 Å². The standard InChI is InChI=1S/C21H27N3O3/c1-21(13-27-14-21)12-23(2)20(26)16-9-19(25)24(11-16)8-7-15-10-22-18-6-4-3-5-17(15)18/h3-6,10,16,22H,7-9,11-14H2,1-2H3. The van der Waals surface area contributed by atoms with Crippen molar-refractivity contribution in [2.75, 3.05) is 39.9 Å². The van der Waals surface area contributed by atoms with E-state index in [1.54, 1.807) is 4.90 Å². The van der Waals surface area contributed by atoms with Crippen LogP contribution in [-0.4, -0.2) is 66.5 Å². The molecule has 2 amide bonds. The summed E-state index contributed by atoms with van der Waals surface area (Å²) < 4.78 is 5.27. The predicted molar refractivity (Wildman–Crippen MR) is 103 cm³/mol. The lowest BCUT2D eigenvalue weighted by Gasteiger charge is -2.41. The van der Waals surface area contributed by atoms with Crippen LogP contribution in [0.15, 0.2) is 30.5 Å². The van der Waals surface area contributed by atoms with Gasteiger partial charge in [0.1, 0.15) is 0 Å². The normalized spacial score (nSPS) is 21.5. The van der Waals surface area contributed by atoms with E-state index in [9.17, 15) is 9.59 Å². The Morgan fingerprint density at radius 1 is 1.37 bits per heavy atom. The smallest absolute Gasteiger partial charge is 0.227 e. The number of likely N-dealkylation sites (tertiary alicyclic amines) is 1. The zero-order valence-electron chi connectivity index (χ0n) is 16.0. The number of aromatic amines is 1. The second-order valence-corrected chi connectivity index (χ2v) is 8.35. The Morgan fingerprint density at radius 2 is 2.15 bits per heavy atom. The minimum atomic E-state index is -0.227. The molecule has 2 aliphatic heterocycles. The van der Waals surface area contributed by atoms with Gasteiger partial charge in [-0.15, -0.1) is 0 Å². The van der Waals surface area contributed by atoms with E-state index in [4.69, 9.17) is 4.74 Å². The molecule has 2 aliphatic rings. The second-order valence-electron chi connectivity index (χ2n) is 8.35. The number of ether oxygens (including phenoxy) is 1. The fourth-order valence-electron chi connectivity index (χ4n) is 4.25. The number of aromatic nitrogens is 1. The van der Waals surface area contributed by atoms with E-state index in [1.807, 2.05) is 30.3 Å². The van der Waals surface area contributed by atoms with Crippen LogP contribution < -0.4 is 0 Å². The summed E-state index contributed by atoms with van der Waals surface area (Å²) in [6.45, 7) is 5.40. The zero-order chi connectivity index (χ0) is 19.0. The van der Waals surface area contributed by atoms with Crippen LogP contribution in [0.1, 0.15) is 18.9 Å². The van der Waals surface area contributed by atoms with Crippen LogP contribution in [0, 0.1) is 11.3 Å². The molecule has 6 heteroatoms. The molecule has 0 bridgehead atoms. The number of hydrogen-bond donors (Lipinski definition) is 1. The lowest BCUT2D eigenvalue weighted by atomic mass is 9.88. The molecule has 27 heavy (non-hydrogen) atoms. The predicted octanol–water partition coefficient (Wildman–Crippen LogP) is 2.05. The number of benzene rings is 1. The number of rotatable bonds is 6. The molecular formula is C21H27N3O3. The molecule has 144 valence electrons. The van der Waals surface area contributed by atoms with Gasteiger partial charge in [-0.2, -0.15) is 0 Å². The molecule has 2 fully saturated rings. The third-order valence-electron chi connectivity index (χ3n) is 5.79. The summed E-state index contributed by atoms with van der Waals surface area (Å²) >= 11 is 0. The quantitative estimate of drug-likeness (QED) is 0.848. The largest absolute Gasteiger partial charge is 0.380 e. The van der Waals surface area contributed by atoms with E-state index in [-0.39, 0.29) is 23.1 Å². The molecule has 4 rings (SSSR count). The van der Waals surface area contributed by atoms with Gasteiger partial charge in [0.25, 0.3) is 0 Å². The summed E-state index contributed by atoms with van der Waals surface area (Å²) in [6, 6.07) is 8.19. The number of carbonyl (C=O) groups excluding carboxylic acids is 2. The van der Waals surface area contributed by atoms with Crippen LogP contribution in [0.5, 0.6) is 0 Å². The average Bonchev–Trinajstić information content (AvgIpc) is 3.21. The van der Waals surface area contributed by atoms with Crippen molar-refractivity contribution < 1.29 is 14.3 Å². The van der Waals surface area contributed by atoms with Crippen LogP contribution in [-0.2, 0) is 20.7 Å². The first-order valence-electron chi connectivity index (χ1n) is 9.61. The zero-order valence-corrected chi connectivity index (χ0v) is 16.0. The number of carbonyl (C=O) groups is 2. The minimum absolute atomic E-state index is 0.0576. The molecule has 0 aliphatic carbocycles. The van der Waals surface area contributed by atoms with Crippen LogP contribution in [0.25, 0.3) is 10.9 Å². The van der Waals surface area contributed by atoms with E-state index in [2.05, 4.69) is 24.0 Å². The van der Waals surface area contributed by atoms with Crippen molar-refractivity contribution in [2.24, 2.45) is 11.3 Å². The molecule has 0 saturated carbocycles. The number of nitrogens with zero attached hydrogens (tertiary/aromatic N) is 2. The van der Waals surface area contributed by atoms with Crippen molar-refractivity contribution in [3.8, 4) is 0 Å². The van der Waals surface area contributed by atoms with Crippen molar-refractivity contribution >= 4 is 22.7 Å². The summed E-state index contributed by atoms with van der Waals surface area (Å²) in [5, 5.41) is 1.20. The van der Waals surface area contributed by atoms with E-state index in [0.717, 1.165) is 11.9 Å². The Bertz CT molecular complexity index is 855. The Kier molecular flexibility index (Phi) is 4.68. The summed E-state index contributed by atoms with van der Waals surface area (Å²) in [5.74, 6) is -0.0686. The molecule has 1 unspecified atom stereocenters. The van der Waals surface area contributed by atoms with Gasteiger partial charge in [-0.05, 0) is 18.1 Å². The SMILES string of the molecule is CN(CC1(C)COC1)C(=O)C1CC(=O)N(CCc2c[nH]c3ccccc23)C1. The first kappa shape index (κ1) is 18.0. The van der Waals surface area contributed by atoms with E-state index in [1.165, 1.54) is 10.9 Å². The second kappa shape index (κ2) is 7.00. The highest BCUT2D eigenvalue weighted by Crippen LogP contribution is 2.29. The number of hydrogen-bond acceptors (Lipinski definition) is 3. The number of nitrogens with one attached hydrogen (secondary N) is 1. The van der Waals surface area contributed by atoms with Gasteiger partial charge >= 0.3 is 0 Å². The molecule has 3 heterocycles. The van der Waals surface area contributed by atoms with E-state index < -0.39 is 0 Å². The number of para-hydroxylation sites is 1. The van der Waals surface area contributed by atoms with Crippen LogP contribution in [0.4, 0.5) is 0 Å². The summed E-state index contributed by atoms with van der Waals surface area (Å²) in [6.07, 6.45) is 3.13. The van der Waals surface area contributed by atoms with Gasteiger partial charge in [-0.3, -0.25) is 9.59 Å². The van der Waals surface area contributed by atoms with Gasteiger partial charge in [0, 0.05) is 55.6 Å². The molecule has 1 atom stereocenters. The van der Waals surface area contributed by atoms with Crippen molar-refractivity contribution in [1.82, 2.24) is 14.8 Å². The minimum Gasteiger partial charge on any atom is -0.380 e. The average molecular weight is 369 g/mol. The number of amides is 2. The van der Waals surface area contributed by atoms with Crippen molar-refractivity contribution in [3.05, 3.63) is 36.0 Å². The van der Waals surface area contributed by atoms with Gasteiger partial charge in [0.2, 0.25) is 11.8 Å². The molecule has 1 N–H and O–H groups in total. The third-order valence-corrected chi connectivity index (χ3v) is 5.79. The van der Waals surface area contributed by atoms with Gasteiger partial charge in [0.15, 0.2) is 0 Å². The lowest BCUT2D eigenvalue weighted by molar-refractivity contribution is -0.145. The highest BCUT2D eigenvalue weighted by Gasteiger charge is 2.39. The Balaban J connectivity index is 1.34. The summed E-state index contributed by atoms with van der Waals surface area (Å²) in [7, 11) is 1.84. The first-order valence-corrected chi connectivity index (χ1v) is 9.61. The fraction of sp³-hybridized carbons (Fsp3) is 0.524. The van der Waals surface area contributed by atoms with Gasteiger partial charge in [-0.1, -0.05) is 25.1 Å². The Labute approximate surface area is 159 Å². The van der Waals surface area contributed by atoms with Crippen LogP contribution in [0.3, 0.4) is 0 Å². The molecule has 6 nitrogen and oxygen atoms in total. The number of fused-ring (bicyclic) bond motifs is 1. The fourth-order valence-corrected chi connectivity index (χ4v) is 4.25. The maximum absolute atomic E-state index is 12.8. The Morgan fingerprint density at radius 3 is 2.89 bits per heavy atom. The third kappa shape index (κ3) is 3.58. The maximum Gasteiger partial charge on any atom is 0.227 e. The Hall–Kier alpha value is -2.34. The molecular weight excluding hydrogens is 342 g/mol. The molecule has 1 aromatic heterocycles. The highest BCUT2D eigenvalue weighted by molar-refractivity contribution is 5.89. The van der Waals surface area contributed by atoms with E-state index in [0.29, 0.717) is 39.3 Å². The van der Waals surface area contributed by atoms with Crippen LogP contribution in [0.2, 0.25) is 0 Å². The molecule has 0 spiro atoms. The maximum atomic E-state index is 12.8. The molecule has 2 saturated heterocycles. The summed E-state index contributed by atoms with van der Waals surface area (Å²) in [4.78, 5) is 32.1. The van der Waals surface area contributed by atoms with Gasteiger partial charge in [0.05, 0.1) is 19.1 Å².